The van der Waals surface area contributed by atoms with Crippen LogP contribution in [0.4, 0.5) is 0 Å². The van der Waals surface area contributed by atoms with E-state index in [2.05, 4.69) is 20.8 Å². The van der Waals surface area contributed by atoms with Crippen LogP contribution in [-0.2, 0) is 0 Å². The molecule has 0 aliphatic heterocycles. The van der Waals surface area contributed by atoms with Crippen LogP contribution in [0.15, 0.2) is 0 Å². The maximum Gasteiger partial charge on any atom is 0.0431 e. The topological polar surface area (TPSA) is 20.2 Å². The Morgan fingerprint density at radius 1 is 0.647 bits per heavy atom. The quantitative estimate of drug-likeness (QED) is 0.468. The molecule has 1 N–H and O–H groups in total. The molecule has 0 aliphatic carbocycles. The molecule has 0 spiro atoms. The van der Waals surface area contributed by atoms with Crippen molar-refractivity contribution in [3.8, 4) is 0 Å². The Kier molecular flexibility index (Phi) is 12.4. The van der Waals surface area contributed by atoms with Gasteiger partial charge in [-0.15, -0.1) is 0 Å². The highest BCUT2D eigenvalue weighted by Gasteiger charge is 2.19. The van der Waals surface area contributed by atoms with Crippen LogP contribution >= 0.6 is 0 Å². The minimum atomic E-state index is 0.367. The molecule has 104 valence electrons. The first-order valence-electron chi connectivity index (χ1n) is 7.90. The Labute approximate surface area is 109 Å². The third-order valence-electron chi connectivity index (χ3n) is 3.90. The highest BCUT2D eigenvalue weighted by molar-refractivity contribution is 4.70. The number of aliphatic hydroxyl groups excluding tert-OH is 1. The minimum Gasteiger partial charge on any atom is -0.396 e. The van der Waals surface area contributed by atoms with E-state index in [1.54, 1.807) is 0 Å². The first-order valence-corrected chi connectivity index (χ1v) is 7.90. The predicted octanol–water partition coefficient (Wildman–Crippen LogP) is 5.17. The normalized spacial score (nSPS) is 14.8. The summed E-state index contributed by atoms with van der Waals surface area (Å²) in [6.07, 6.45) is 13.1. The third-order valence-corrected chi connectivity index (χ3v) is 3.90. The number of hydrogen-bond acceptors (Lipinski definition) is 1. The first kappa shape index (κ1) is 17.0. The second-order valence-electron chi connectivity index (χ2n) is 5.46. The molecule has 0 bridgehead atoms. The van der Waals surface area contributed by atoms with E-state index < -0.39 is 0 Å². The predicted molar refractivity (Wildman–Crippen MR) is 77.3 cm³/mol. The van der Waals surface area contributed by atoms with Crippen molar-refractivity contribution >= 4 is 0 Å². The maximum absolute atomic E-state index is 8.89. The molecule has 0 aromatic carbocycles. The number of hydrogen-bond donors (Lipinski definition) is 1. The number of unbranched alkanes of at least 4 members (excludes halogenated alkanes) is 2. The van der Waals surface area contributed by atoms with Crippen LogP contribution in [-0.4, -0.2) is 11.7 Å². The number of rotatable bonds is 12. The van der Waals surface area contributed by atoms with Gasteiger partial charge in [0.1, 0.15) is 0 Å². The fraction of sp³-hybridized carbons (Fsp3) is 1.00. The SMILES string of the molecule is CCCCC(CCC)C(CCC)CCCCO. The Hall–Kier alpha value is -0.0400. The van der Waals surface area contributed by atoms with Gasteiger partial charge in [0.05, 0.1) is 0 Å². The molecule has 0 saturated heterocycles. The van der Waals surface area contributed by atoms with Gasteiger partial charge in [0.15, 0.2) is 0 Å². The van der Waals surface area contributed by atoms with Crippen LogP contribution in [0, 0.1) is 11.8 Å². The van der Waals surface area contributed by atoms with Gasteiger partial charge in [0.2, 0.25) is 0 Å². The molecular formula is C16H34O. The van der Waals surface area contributed by atoms with E-state index in [0.717, 1.165) is 18.3 Å². The molecule has 2 atom stereocenters. The zero-order chi connectivity index (χ0) is 12.9. The van der Waals surface area contributed by atoms with Crippen molar-refractivity contribution in [2.45, 2.75) is 85.0 Å². The van der Waals surface area contributed by atoms with Gasteiger partial charge in [-0.25, -0.2) is 0 Å². The molecular weight excluding hydrogens is 208 g/mol. The Morgan fingerprint density at radius 2 is 1.18 bits per heavy atom. The van der Waals surface area contributed by atoms with Crippen molar-refractivity contribution in [1.82, 2.24) is 0 Å². The summed E-state index contributed by atoms with van der Waals surface area (Å²) < 4.78 is 0. The Balaban J connectivity index is 4.14. The second-order valence-corrected chi connectivity index (χ2v) is 5.46. The maximum atomic E-state index is 8.89. The summed E-state index contributed by atoms with van der Waals surface area (Å²) in [5.74, 6) is 1.86. The van der Waals surface area contributed by atoms with Crippen LogP contribution < -0.4 is 0 Å². The summed E-state index contributed by atoms with van der Waals surface area (Å²) in [4.78, 5) is 0. The summed E-state index contributed by atoms with van der Waals surface area (Å²) >= 11 is 0. The summed E-state index contributed by atoms with van der Waals surface area (Å²) in [7, 11) is 0. The summed E-state index contributed by atoms with van der Waals surface area (Å²) in [5, 5.41) is 8.89. The van der Waals surface area contributed by atoms with Crippen molar-refractivity contribution in [3.05, 3.63) is 0 Å². The lowest BCUT2D eigenvalue weighted by molar-refractivity contribution is 0.232. The first-order chi connectivity index (χ1) is 8.29. The molecule has 0 saturated carbocycles. The van der Waals surface area contributed by atoms with Crippen LogP contribution in [0.25, 0.3) is 0 Å². The zero-order valence-electron chi connectivity index (χ0n) is 12.4. The molecule has 0 fully saturated rings. The summed E-state index contributed by atoms with van der Waals surface area (Å²) in [6.45, 7) is 7.29. The smallest absolute Gasteiger partial charge is 0.0431 e. The van der Waals surface area contributed by atoms with Crippen LogP contribution in [0.3, 0.4) is 0 Å². The average molecular weight is 242 g/mol. The molecule has 0 rings (SSSR count). The third kappa shape index (κ3) is 8.65. The van der Waals surface area contributed by atoms with Gasteiger partial charge < -0.3 is 5.11 Å². The molecule has 2 unspecified atom stereocenters. The second kappa shape index (κ2) is 12.4. The molecule has 0 amide bonds. The van der Waals surface area contributed by atoms with E-state index in [-0.39, 0.29) is 0 Å². The summed E-state index contributed by atoms with van der Waals surface area (Å²) in [6, 6.07) is 0. The van der Waals surface area contributed by atoms with Gasteiger partial charge in [-0.1, -0.05) is 78.6 Å². The largest absolute Gasteiger partial charge is 0.396 e. The molecule has 17 heavy (non-hydrogen) atoms. The van der Waals surface area contributed by atoms with Crippen molar-refractivity contribution in [1.29, 1.82) is 0 Å². The van der Waals surface area contributed by atoms with E-state index in [4.69, 9.17) is 5.11 Å². The van der Waals surface area contributed by atoms with Crippen LogP contribution in [0.2, 0.25) is 0 Å². The van der Waals surface area contributed by atoms with Gasteiger partial charge in [0.25, 0.3) is 0 Å². The molecule has 1 nitrogen and oxygen atoms in total. The zero-order valence-corrected chi connectivity index (χ0v) is 12.4. The van der Waals surface area contributed by atoms with E-state index >= 15 is 0 Å². The fourth-order valence-corrected chi connectivity index (χ4v) is 2.96. The van der Waals surface area contributed by atoms with Gasteiger partial charge in [-0.3, -0.25) is 0 Å². The van der Waals surface area contributed by atoms with Crippen LogP contribution in [0.1, 0.15) is 85.0 Å². The van der Waals surface area contributed by atoms with Crippen molar-refractivity contribution < 1.29 is 5.11 Å². The average Bonchev–Trinajstić information content (AvgIpc) is 2.34. The Morgan fingerprint density at radius 3 is 1.59 bits per heavy atom. The molecule has 0 aromatic rings. The molecule has 0 heterocycles. The summed E-state index contributed by atoms with van der Waals surface area (Å²) in [5.41, 5.74) is 0. The van der Waals surface area contributed by atoms with E-state index in [9.17, 15) is 0 Å². The minimum absolute atomic E-state index is 0.367. The van der Waals surface area contributed by atoms with Crippen molar-refractivity contribution in [2.75, 3.05) is 6.61 Å². The number of aliphatic hydroxyl groups is 1. The Bertz CT molecular complexity index is 144. The van der Waals surface area contributed by atoms with Gasteiger partial charge in [0, 0.05) is 6.61 Å². The molecule has 0 radical (unpaired) electrons. The van der Waals surface area contributed by atoms with E-state index in [1.165, 1.54) is 57.8 Å². The standard InChI is InChI=1S/C16H34O/c1-4-7-12-15(10-5-2)16(11-6-3)13-8-9-14-17/h15-17H,4-14H2,1-3H3. The highest BCUT2D eigenvalue weighted by atomic mass is 16.2. The highest BCUT2D eigenvalue weighted by Crippen LogP contribution is 2.31. The van der Waals surface area contributed by atoms with E-state index in [1.807, 2.05) is 0 Å². The van der Waals surface area contributed by atoms with Gasteiger partial charge in [-0.05, 0) is 18.3 Å². The lowest BCUT2D eigenvalue weighted by Crippen LogP contribution is -2.15. The molecule has 1 heteroatoms. The van der Waals surface area contributed by atoms with Gasteiger partial charge >= 0.3 is 0 Å². The lowest BCUT2D eigenvalue weighted by atomic mass is 9.79. The molecule has 0 aromatic heterocycles. The van der Waals surface area contributed by atoms with Crippen molar-refractivity contribution in [3.63, 3.8) is 0 Å². The van der Waals surface area contributed by atoms with Crippen molar-refractivity contribution in [2.24, 2.45) is 11.8 Å². The lowest BCUT2D eigenvalue weighted by Gasteiger charge is -2.27. The van der Waals surface area contributed by atoms with E-state index in [0.29, 0.717) is 6.61 Å². The van der Waals surface area contributed by atoms with Crippen LogP contribution in [0.5, 0.6) is 0 Å². The fourth-order valence-electron chi connectivity index (χ4n) is 2.96. The van der Waals surface area contributed by atoms with Gasteiger partial charge in [-0.2, -0.15) is 0 Å². The monoisotopic (exact) mass is 242 g/mol. The molecule has 0 aliphatic rings.